The maximum atomic E-state index is 9.55. The minimum atomic E-state index is -1.26. The number of aliphatic hydroxyl groups excluding tert-OH is 1. The van der Waals surface area contributed by atoms with Crippen LogP contribution in [-0.4, -0.2) is 33.9 Å². The quantitative estimate of drug-likeness (QED) is 0.561. The zero-order valence-electron chi connectivity index (χ0n) is 7.43. The summed E-state index contributed by atoms with van der Waals surface area (Å²) in [7, 11) is 0. The van der Waals surface area contributed by atoms with Gasteiger partial charge in [0, 0.05) is 18.8 Å². The second kappa shape index (κ2) is 10.6. The predicted octanol–water partition coefficient (Wildman–Crippen LogP) is 0.491. The van der Waals surface area contributed by atoms with Gasteiger partial charge in [-0.25, -0.2) is 9.59 Å². The average Bonchev–Trinajstić information content (AvgIpc) is 2.03. The van der Waals surface area contributed by atoms with Crippen molar-refractivity contribution < 1.29 is 24.9 Å². The first-order valence-electron chi connectivity index (χ1n) is 3.79. The van der Waals surface area contributed by atoms with Crippen molar-refractivity contribution in [3.05, 3.63) is 12.2 Å². The molecule has 76 valence electrons. The van der Waals surface area contributed by atoms with Crippen molar-refractivity contribution in [2.45, 2.75) is 19.8 Å². The van der Waals surface area contributed by atoms with Crippen LogP contribution in [0.25, 0.3) is 0 Å². The number of unbranched alkanes of at least 4 members (excludes halogenated alkanes) is 1. The summed E-state index contributed by atoms with van der Waals surface area (Å²) in [6, 6.07) is 0. The van der Waals surface area contributed by atoms with E-state index in [-0.39, 0.29) is 0 Å². The highest BCUT2D eigenvalue weighted by atomic mass is 16.4. The van der Waals surface area contributed by atoms with Gasteiger partial charge >= 0.3 is 11.9 Å². The highest BCUT2D eigenvalue weighted by Gasteiger charge is 1.88. The highest BCUT2D eigenvalue weighted by molar-refractivity contribution is 5.89. The van der Waals surface area contributed by atoms with Crippen LogP contribution in [0, 0.1) is 0 Å². The van der Waals surface area contributed by atoms with Crippen LogP contribution >= 0.6 is 0 Å². The fourth-order valence-corrected chi connectivity index (χ4v) is 0.301. The molecule has 0 unspecified atom stereocenters. The summed E-state index contributed by atoms with van der Waals surface area (Å²) in [6.45, 7) is 2.40. The Balaban J connectivity index is 0. The molecule has 0 aromatic heterocycles. The van der Waals surface area contributed by atoms with E-state index in [1.54, 1.807) is 0 Å². The third-order valence-electron chi connectivity index (χ3n) is 0.880. The third kappa shape index (κ3) is 25.0. The van der Waals surface area contributed by atoms with E-state index in [1.165, 1.54) is 0 Å². The molecule has 0 radical (unpaired) electrons. The van der Waals surface area contributed by atoms with Crippen LogP contribution in [-0.2, 0) is 9.59 Å². The van der Waals surface area contributed by atoms with Crippen molar-refractivity contribution in [3.63, 3.8) is 0 Å². The average molecular weight is 190 g/mol. The second-order valence-corrected chi connectivity index (χ2v) is 2.09. The molecule has 0 aromatic rings. The molecule has 0 aromatic carbocycles. The Hall–Kier alpha value is -1.36. The van der Waals surface area contributed by atoms with Crippen LogP contribution < -0.4 is 0 Å². The number of hydrogen-bond donors (Lipinski definition) is 3. The second-order valence-electron chi connectivity index (χ2n) is 2.09. The molecule has 0 rings (SSSR count). The van der Waals surface area contributed by atoms with Gasteiger partial charge in [-0.2, -0.15) is 0 Å². The Morgan fingerprint density at radius 1 is 1.15 bits per heavy atom. The van der Waals surface area contributed by atoms with Gasteiger partial charge in [-0.1, -0.05) is 13.3 Å². The largest absolute Gasteiger partial charge is 0.478 e. The number of rotatable bonds is 4. The van der Waals surface area contributed by atoms with Gasteiger partial charge in [-0.15, -0.1) is 0 Å². The molecule has 0 spiro atoms. The van der Waals surface area contributed by atoms with Crippen molar-refractivity contribution in [2.24, 2.45) is 0 Å². The lowest BCUT2D eigenvalue weighted by Crippen LogP contribution is -1.91. The van der Waals surface area contributed by atoms with Crippen molar-refractivity contribution in [2.75, 3.05) is 6.61 Å². The van der Waals surface area contributed by atoms with Crippen LogP contribution in [0.1, 0.15) is 19.8 Å². The lowest BCUT2D eigenvalue weighted by atomic mass is 10.4. The van der Waals surface area contributed by atoms with Crippen LogP contribution in [0.4, 0.5) is 0 Å². The standard InChI is InChI=1S/C4H4O4.C4H10O/c5-3(6)1-2-4(7)8;1-2-3-4-5/h1-2H,(H,5,6)(H,7,8);5H,2-4H2,1H3. The summed E-state index contributed by atoms with van der Waals surface area (Å²) < 4.78 is 0. The Morgan fingerprint density at radius 2 is 1.54 bits per heavy atom. The monoisotopic (exact) mass is 190 g/mol. The van der Waals surface area contributed by atoms with Crippen molar-refractivity contribution in [1.82, 2.24) is 0 Å². The zero-order valence-corrected chi connectivity index (χ0v) is 7.43. The summed E-state index contributed by atoms with van der Waals surface area (Å²) in [6.07, 6.45) is 3.15. The van der Waals surface area contributed by atoms with Gasteiger partial charge in [-0.3, -0.25) is 0 Å². The molecule has 0 bridgehead atoms. The molecule has 0 fully saturated rings. The van der Waals surface area contributed by atoms with E-state index in [1.807, 2.05) is 0 Å². The molecule has 0 aliphatic carbocycles. The third-order valence-corrected chi connectivity index (χ3v) is 0.880. The molecule has 0 atom stereocenters. The van der Waals surface area contributed by atoms with Crippen LogP contribution in [0.3, 0.4) is 0 Å². The predicted molar refractivity (Wildman–Crippen MR) is 46.4 cm³/mol. The normalized spacial score (nSPS) is 9.08. The number of carbonyl (C=O) groups is 2. The Kier molecular flexibility index (Phi) is 11.6. The fourth-order valence-electron chi connectivity index (χ4n) is 0.301. The van der Waals surface area contributed by atoms with E-state index in [0.717, 1.165) is 12.8 Å². The van der Waals surface area contributed by atoms with Crippen LogP contribution in [0.2, 0.25) is 0 Å². The van der Waals surface area contributed by atoms with E-state index < -0.39 is 11.9 Å². The van der Waals surface area contributed by atoms with Crippen LogP contribution in [0.5, 0.6) is 0 Å². The van der Waals surface area contributed by atoms with Gasteiger partial charge in [0.05, 0.1) is 0 Å². The first-order valence-corrected chi connectivity index (χ1v) is 3.79. The van der Waals surface area contributed by atoms with E-state index >= 15 is 0 Å². The SMILES string of the molecule is CCCCO.O=C(O)C=CC(=O)O. The van der Waals surface area contributed by atoms with Gasteiger partial charge in [0.15, 0.2) is 0 Å². The molecule has 0 saturated heterocycles. The van der Waals surface area contributed by atoms with Gasteiger partial charge in [0.2, 0.25) is 0 Å². The first kappa shape index (κ1) is 14.2. The van der Waals surface area contributed by atoms with E-state index in [4.69, 9.17) is 15.3 Å². The summed E-state index contributed by atoms with van der Waals surface area (Å²) in [5.41, 5.74) is 0. The van der Waals surface area contributed by atoms with Gasteiger partial charge in [0.25, 0.3) is 0 Å². The number of hydrogen-bond acceptors (Lipinski definition) is 3. The Labute approximate surface area is 76.3 Å². The highest BCUT2D eigenvalue weighted by Crippen LogP contribution is 1.78. The number of carboxylic acid groups (broad SMARTS) is 2. The number of aliphatic carboxylic acids is 2. The van der Waals surface area contributed by atoms with Gasteiger partial charge < -0.3 is 15.3 Å². The van der Waals surface area contributed by atoms with Crippen LogP contribution in [0.15, 0.2) is 12.2 Å². The minimum absolute atomic E-state index is 0.344. The zero-order chi connectivity index (χ0) is 10.7. The van der Waals surface area contributed by atoms with Gasteiger partial charge in [-0.05, 0) is 6.42 Å². The first-order chi connectivity index (χ1) is 6.04. The number of carboxylic acids is 2. The molecule has 0 aliphatic rings. The van der Waals surface area contributed by atoms with E-state index in [2.05, 4.69) is 6.92 Å². The Morgan fingerprint density at radius 3 is 1.62 bits per heavy atom. The fraction of sp³-hybridized carbons (Fsp3) is 0.500. The summed E-state index contributed by atoms with van der Waals surface area (Å²) in [5, 5.41) is 23.7. The lowest BCUT2D eigenvalue weighted by molar-refractivity contribution is -0.134. The smallest absolute Gasteiger partial charge is 0.328 e. The van der Waals surface area contributed by atoms with Crippen molar-refractivity contribution >= 4 is 11.9 Å². The minimum Gasteiger partial charge on any atom is -0.478 e. The maximum Gasteiger partial charge on any atom is 0.328 e. The summed E-state index contributed by atoms with van der Waals surface area (Å²) in [4.78, 5) is 19.1. The molecule has 5 nitrogen and oxygen atoms in total. The summed E-state index contributed by atoms with van der Waals surface area (Å²) >= 11 is 0. The molecule has 0 amide bonds. The van der Waals surface area contributed by atoms with E-state index in [9.17, 15) is 9.59 Å². The van der Waals surface area contributed by atoms with Crippen molar-refractivity contribution in [3.8, 4) is 0 Å². The van der Waals surface area contributed by atoms with E-state index in [0.29, 0.717) is 18.8 Å². The lowest BCUT2D eigenvalue weighted by Gasteiger charge is -1.79. The molecular formula is C8H14O5. The maximum absolute atomic E-state index is 9.55. The number of aliphatic hydroxyl groups is 1. The molecule has 0 saturated carbocycles. The molecule has 3 N–H and O–H groups in total. The molecule has 0 aliphatic heterocycles. The molecule has 0 heterocycles. The molecule has 13 heavy (non-hydrogen) atoms. The van der Waals surface area contributed by atoms with Gasteiger partial charge in [0.1, 0.15) is 0 Å². The summed E-state index contributed by atoms with van der Waals surface area (Å²) in [5.74, 6) is -2.51. The Bertz CT molecular complexity index is 155. The molecular weight excluding hydrogens is 176 g/mol. The molecule has 5 heteroatoms. The van der Waals surface area contributed by atoms with Crippen molar-refractivity contribution in [1.29, 1.82) is 0 Å². The topological polar surface area (TPSA) is 94.8 Å².